The zero-order valence-corrected chi connectivity index (χ0v) is 15.2. The Hall–Kier alpha value is -1.68. The zero-order valence-electron chi connectivity index (χ0n) is 15.2. The highest BCUT2D eigenvalue weighted by Gasteiger charge is 2.43. The molecule has 1 aliphatic heterocycles. The first kappa shape index (κ1) is 18.1. The second kappa shape index (κ2) is 7.69. The summed E-state index contributed by atoms with van der Waals surface area (Å²) in [4.78, 5) is 0. The van der Waals surface area contributed by atoms with E-state index in [9.17, 15) is 0 Å². The molecule has 1 aliphatic rings. The molecule has 1 N–H and O–H groups in total. The van der Waals surface area contributed by atoms with Gasteiger partial charge in [0.2, 0.25) is 0 Å². The molecule has 134 valence electrons. The third-order valence-corrected chi connectivity index (χ3v) is 4.80. The smallest absolute Gasteiger partial charge is 0.163 e. The molecule has 0 saturated carbocycles. The molecule has 1 unspecified atom stereocenters. The Bertz CT molecular complexity index is 681. The monoisotopic (exact) mass is 340 g/mol. The summed E-state index contributed by atoms with van der Waals surface area (Å²) >= 11 is 0. The Labute approximate surface area is 150 Å². The molecule has 25 heavy (non-hydrogen) atoms. The van der Waals surface area contributed by atoms with Crippen LogP contribution >= 0.6 is 0 Å². The SMILES string of the molecule is CC1(C)OCCC(Cc2cccc(CCCO)c2)(c2ccccc2)O1. The van der Waals surface area contributed by atoms with Gasteiger partial charge in [-0.25, -0.2) is 0 Å². The third kappa shape index (κ3) is 4.49. The van der Waals surface area contributed by atoms with Crippen molar-refractivity contribution in [2.45, 2.75) is 50.9 Å². The Morgan fingerprint density at radius 2 is 1.76 bits per heavy atom. The molecular weight excluding hydrogens is 312 g/mol. The highest BCUT2D eigenvalue weighted by molar-refractivity contribution is 5.30. The van der Waals surface area contributed by atoms with Crippen molar-refractivity contribution in [3.8, 4) is 0 Å². The minimum absolute atomic E-state index is 0.229. The van der Waals surface area contributed by atoms with Gasteiger partial charge in [-0.1, -0.05) is 54.6 Å². The van der Waals surface area contributed by atoms with Crippen molar-refractivity contribution in [2.24, 2.45) is 0 Å². The van der Waals surface area contributed by atoms with E-state index in [-0.39, 0.29) is 12.2 Å². The topological polar surface area (TPSA) is 38.7 Å². The molecule has 0 radical (unpaired) electrons. The number of hydrogen-bond donors (Lipinski definition) is 1. The van der Waals surface area contributed by atoms with E-state index in [0.717, 1.165) is 25.7 Å². The summed E-state index contributed by atoms with van der Waals surface area (Å²) in [5, 5.41) is 9.07. The summed E-state index contributed by atoms with van der Waals surface area (Å²) in [6.07, 6.45) is 3.35. The average molecular weight is 340 g/mol. The van der Waals surface area contributed by atoms with E-state index in [1.165, 1.54) is 16.7 Å². The lowest BCUT2D eigenvalue weighted by Gasteiger charge is -2.45. The van der Waals surface area contributed by atoms with Crippen LogP contribution in [0.5, 0.6) is 0 Å². The van der Waals surface area contributed by atoms with Gasteiger partial charge in [0.25, 0.3) is 0 Å². The molecule has 1 heterocycles. The number of benzene rings is 2. The van der Waals surface area contributed by atoms with Crippen molar-refractivity contribution < 1.29 is 14.6 Å². The van der Waals surface area contributed by atoms with Crippen LogP contribution in [0.1, 0.15) is 43.4 Å². The second-order valence-corrected chi connectivity index (χ2v) is 7.28. The highest BCUT2D eigenvalue weighted by atomic mass is 16.7. The lowest BCUT2D eigenvalue weighted by atomic mass is 9.83. The van der Waals surface area contributed by atoms with E-state index >= 15 is 0 Å². The van der Waals surface area contributed by atoms with Gasteiger partial charge >= 0.3 is 0 Å². The van der Waals surface area contributed by atoms with Gasteiger partial charge in [0, 0.05) is 19.4 Å². The van der Waals surface area contributed by atoms with Crippen LogP contribution in [0.3, 0.4) is 0 Å². The Morgan fingerprint density at radius 1 is 1.00 bits per heavy atom. The average Bonchev–Trinajstić information content (AvgIpc) is 2.60. The van der Waals surface area contributed by atoms with Crippen molar-refractivity contribution in [1.82, 2.24) is 0 Å². The summed E-state index contributed by atoms with van der Waals surface area (Å²) in [5.74, 6) is -0.595. The van der Waals surface area contributed by atoms with Gasteiger partial charge in [0.05, 0.1) is 6.61 Å². The van der Waals surface area contributed by atoms with Crippen LogP contribution in [0.4, 0.5) is 0 Å². The van der Waals surface area contributed by atoms with Crippen molar-refractivity contribution in [3.63, 3.8) is 0 Å². The van der Waals surface area contributed by atoms with E-state index in [4.69, 9.17) is 14.6 Å². The first-order valence-electron chi connectivity index (χ1n) is 9.11. The standard InChI is InChI=1S/C22H28O3/c1-21(2)24-15-13-22(25-21,20-11-4-3-5-12-20)17-19-9-6-8-18(16-19)10-7-14-23/h3-6,8-9,11-12,16,23H,7,10,13-15,17H2,1-2H3. The molecular formula is C22H28O3. The summed E-state index contributed by atoms with van der Waals surface area (Å²) in [6, 6.07) is 19.1. The molecule has 0 aliphatic carbocycles. The molecule has 0 aromatic heterocycles. The quantitative estimate of drug-likeness (QED) is 0.855. The van der Waals surface area contributed by atoms with Gasteiger partial charge in [-0.3, -0.25) is 0 Å². The summed E-state index contributed by atoms with van der Waals surface area (Å²) in [7, 11) is 0. The second-order valence-electron chi connectivity index (χ2n) is 7.28. The fourth-order valence-corrected chi connectivity index (χ4v) is 3.69. The Kier molecular flexibility index (Phi) is 5.57. The lowest BCUT2D eigenvalue weighted by Crippen LogP contribution is -2.48. The minimum Gasteiger partial charge on any atom is -0.396 e. The molecule has 1 atom stereocenters. The lowest BCUT2D eigenvalue weighted by molar-refractivity contribution is -0.315. The van der Waals surface area contributed by atoms with Crippen molar-refractivity contribution >= 4 is 0 Å². The van der Waals surface area contributed by atoms with Gasteiger partial charge in [-0.05, 0) is 43.4 Å². The van der Waals surface area contributed by atoms with E-state index in [1.54, 1.807) is 0 Å². The minimum atomic E-state index is -0.595. The highest BCUT2D eigenvalue weighted by Crippen LogP contribution is 2.41. The normalized spacial score (nSPS) is 22.7. The Balaban J connectivity index is 1.91. The van der Waals surface area contributed by atoms with Gasteiger partial charge in [-0.2, -0.15) is 0 Å². The summed E-state index contributed by atoms with van der Waals surface area (Å²) < 4.78 is 12.3. The predicted molar refractivity (Wildman–Crippen MR) is 99.4 cm³/mol. The maximum Gasteiger partial charge on any atom is 0.163 e. The Morgan fingerprint density at radius 3 is 2.48 bits per heavy atom. The van der Waals surface area contributed by atoms with Crippen LogP contribution in [0.2, 0.25) is 0 Å². The molecule has 0 spiro atoms. The molecule has 1 fully saturated rings. The maximum atomic E-state index is 9.07. The van der Waals surface area contributed by atoms with Crippen LogP contribution < -0.4 is 0 Å². The predicted octanol–water partition coefficient (Wildman–Crippen LogP) is 4.22. The van der Waals surface area contributed by atoms with E-state index in [2.05, 4.69) is 48.5 Å². The van der Waals surface area contributed by atoms with Crippen LogP contribution in [0.15, 0.2) is 54.6 Å². The molecule has 0 amide bonds. The molecule has 2 aromatic carbocycles. The molecule has 3 rings (SSSR count). The van der Waals surface area contributed by atoms with Gasteiger partial charge in [-0.15, -0.1) is 0 Å². The van der Waals surface area contributed by atoms with Crippen molar-refractivity contribution in [1.29, 1.82) is 0 Å². The first-order valence-corrected chi connectivity index (χ1v) is 9.11. The molecule has 0 bridgehead atoms. The van der Waals surface area contributed by atoms with E-state index in [1.807, 2.05) is 19.9 Å². The van der Waals surface area contributed by atoms with Gasteiger partial charge < -0.3 is 14.6 Å². The van der Waals surface area contributed by atoms with Crippen LogP contribution in [-0.2, 0) is 27.9 Å². The number of rotatable bonds is 6. The fourth-order valence-electron chi connectivity index (χ4n) is 3.69. The number of aryl methyl sites for hydroxylation is 1. The van der Waals surface area contributed by atoms with E-state index in [0.29, 0.717) is 6.61 Å². The number of ether oxygens (including phenoxy) is 2. The number of aliphatic hydroxyl groups excluding tert-OH is 1. The maximum absolute atomic E-state index is 9.07. The molecule has 3 heteroatoms. The molecule has 3 nitrogen and oxygen atoms in total. The number of hydrogen-bond acceptors (Lipinski definition) is 3. The van der Waals surface area contributed by atoms with E-state index < -0.39 is 5.79 Å². The number of aliphatic hydroxyl groups is 1. The first-order chi connectivity index (χ1) is 12.0. The van der Waals surface area contributed by atoms with Crippen LogP contribution in [-0.4, -0.2) is 24.1 Å². The van der Waals surface area contributed by atoms with Crippen molar-refractivity contribution in [3.05, 3.63) is 71.3 Å². The van der Waals surface area contributed by atoms with Gasteiger partial charge in [0.15, 0.2) is 5.79 Å². The third-order valence-electron chi connectivity index (χ3n) is 4.80. The zero-order chi connectivity index (χ0) is 17.8. The van der Waals surface area contributed by atoms with Crippen LogP contribution in [0.25, 0.3) is 0 Å². The summed E-state index contributed by atoms with van der Waals surface area (Å²) in [5.41, 5.74) is 3.35. The van der Waals surface area contributed by atoms with Crippen LogP contribution in [0, 0.1) is 0 Å². The van der Waals surface area contributed by atoms with Crippen molar-refractivity contribution in [2.75, 3.05) is 13.2 Å². The molecule has 2 aromatic rings. The molecule has 1 saturated heterocycles. The largest absolute Gasteiger partial charge is 0.396 e. The summed E-state index contributed by atoms with van der Waals surface area (Å²) in [6.45, 7) is 4.89. The van der Waals surface area contributed by atoms with Gasteiger partial charge in [0.1, 0.15) is 5.60 Å². The fraction of sp³-hybridized carbons (Fsp3) is 0.455.